The number of ether oxygens (including phenoxy) is 1. The number of nitrogens with zero attached hydrogens (tertiary/aromatic N) is 1. The van der Waals surface area contributed by atoms with E-state index in [9.17, 15) is 9.59 Å². The average molecular weight is 341 g/mol. The molecular weight excluding hydrogens is 322 g/mol. The van der Waals surface area contributed by atoms with Gasteiger partial charge >= 0.3 is 5.97 Å². The molecule has 0 spiro atoms. The highest BCUT2D eigenvalue weighted by Crippen LogP contribution is 2.37. The van der Waals surface area contributed by atoms with E-state index in [1.165, 1.54) is 7.11 Å². The molecule has 0 saturated carbocycles. The first-order chi connectivity index (χ1) is 11.5. The van der Waals surface area contributed by atoms with Crippen LogP contribution in [0.15, 0.2) is 58.2 Å². The SMILES string of the molecule is COC(=O)C1=C(C)N(c2cccc(C)c2)C(=O)/C1=C\C1=CCCS1. The van der Waals surface area contributed by atoms with Gasteiger partial charge in [-0.15, -0.1) is 11.8 Å². The number of allylic oxidation sites excluding steroid dienone is 3. The van der Waals surface area contributed by atoms with E-state index in [1.54, 1.807) is 23.6 Å². The van der Waals surface area contributed by atoms with E-state index in [1.807, 2.05) is 37.3 Å². The molecule has 1 amide bonds. The Morgan fingerprint density at radius 3 is 2.75 bits per heavy atom. The number of thioether (sulfide) groups is 1. The lowest BCUT2D eigenvalue weighted by Gasteiger charge is -2.18. The number of hydrogen-bond donors (Lipinski definition) is 0. The van der Waals surface area contributed by atoms with Crippen molar-refractivity contribution < 1.29 is 14.3 Å². The summed E-state index contributed by atoms with van der Waals surface area (Å²) in [6.07, 6.45) is 4.88. The fourth-order valence-corrected chi connectivity index (χ4v) is 3.85. The number of amides is 1. The summed E-state index contributed by atoms with van der Waals surface area (Å²) < 4.78 is 4.91. The predicted octanol–water partition coefficient (Wildman–Crippen LogP) is 3.74. The van der Waals surface area contributed by atoms with E-state index in [-0.39, 0.29) is 5.91 Å². The Kier molecular flexibility index (Phi) is 4.62. The molecule has 124 valence electrons. The molecule has 2 aliphatic rings. The van der Waals surface area contributed by atoms with Crippen molar-refractivity contribution in [1.82, 2.24) is 0 Å². The molecule has 0 aromatic heterocycles. The lowest BCUT2D eigenvalue weighted by molar-refractivity contribution is -0.136. The van der Waals surface area contributed by atoms with Gasteiger partial charge in [0.25, 0.3) is 5.91 Å². The van der Waals surface area contributed by atoms with Crippen molar-refractivity contribution in [2.75, 3.05) is 17.8 Å². The van der Waals surface area contributed by atoms with Gasteiger partial charge in [-0.3, -0.25) is 9.69 Å². The van der Waals surface area contributed by atoms with Crippen molar-refractivity contribution in [1.29, 1.82) is 0 Å². The molecule has 0 radical (unpaired) electrons. The van der Waals surface area contributed by atoms with Gasteiger partial charge in [0.2, 0.25) is 0 Å². The van der Waals surface area contributed by atoms with Gasteiger partial charge in [-0.1, -0.05) is 18.2 Å². The fraction of sp³-hybridized carbons (Fsp3) is 0.263. The second kappa shape index (κ2) is 6.69. The van der Waals surface area contributed by atoms with Crippen LogP contribution in [0.1, 0.15) is 18.9 Å². The maximum atomic E-state index is 13.0. The molecule has 0 saturated heterocycles. The maximum absolute atomic E-state index is 13.0. The average Bonchev–Trinajstić information content (AvgIpc) is 3.14. The van der Waals surface area contributed by atoms with Gasteiger partial charge in [0.05, 0.1) is 18.3 Å². The zero-order valence-electron chi connectivity index (χ0n) is 14.0. The Balaban J connectivity index is 2.11. The molecule has 24 heavy (non-hydrogen) atoms. The molecular formula is C19H19NO3S. The second-order valence-electron chi connectivity index (χ2n) is 5.73. The highest BCUT2D eigenvalue weighted by molar-refractivity contribution is 8.03. The zero-order valence-corrected chi connectivity index (χ0v) is 14.8. The summed E-state index contributed by atoms with van der Waals surface area (Å²) in [7, 11) is 1.34. The van der Waals surface area contributed by atoms with E-state index >= 15 is 0 Å². The van der Waals surface area contributed by atoms with Gasteiger partial charge in [0, 0.05) is 22.0 Å². The summed E-state index contributed by atoms with van der Waals surface area (Å²) in [6, 6.07) is 7.68. The summed E-state index contributed by atoms with van der Waals surface area (Å²) in [5.41, 5.74) is 3.17. The first-order valence-electron chi connectivity index (χ1n) is 7.78. The molecule has 0 unspecified atom stereocenters. The van der Waals surface area contributed by atoms with Crippen molar-refractivity contribution in [3.05, 3.63) is 63.7 Å². The van der Waals surface area contributed by atoms with E-state index in [2.05, 4.69) is 6.08 Å². The van der Waals surface area contributed by atoms with Gasteiger partial charge in [-0.05, 0) is 44.0 Å². The monoisotopic (exact) mass is 341 g/mol. The van der Waals surface area contributed by atoms with Crippen LogP contribution in [0.3, 0.4) is 0 Å². The van der Waals surface area contributed by atoms with Gasteiger partial charge in [-0.25, -0.2) is 4.79 Å². The predicted molar refractivity (Wildman–Crippen MR) is 96.6 cm³/mol. The third-order valence-corrected chi connectivity index (χ3v) is 5.13. The number of anilines is 1. The van der Waals surface area contributed by atoms with Crippen LogP contribution in [-0.2, 0) is 14.3 Å². The number of carbonyl (C=O) groups excluding carboxylic acids is 2. The standard InChI is InChI=1S/C19H19NO3S/c1-12-6-4-7-14(10-12)20-13(2)17(19(22)23-3)16(18(20)21)11-15-8-5-9-24-15/h4,6-8,10-11H,5,9H2,1-3H3/b16-11-. The van der Waals surface area contributed by atoms with Gasteiger partial charge in [0.1, 0.15) is 0 Å². The molecule has 3 rings (SSSR count). The van der Waals surface area contributed by atoms with Crippen LogP contribution in [0.25, 0.3) is 0 Å². The summed E-state index contributed by atoms with van der Waals surface area (Å²) in [5.74, 6) is 0.336. The number of esters is 1. The van der Waals surface area contributed by atoms with Crippen LogP contribution in [-0.4, -0.2) is 24.7 Å². The van der Waals surface area contributed by atoms with Crippen molar-refractivity contribution in [3.8, 4) is 0 Å². The second-order valence-corrected chi connectivity index (χ2v) is 6.90. The minimum absolute atomic E-state index is 0.188. The number of hydrogen-bond acceptors (Lipinski definition) is 4. The number of carbonyl (C=O) groups is 2. The normalized spacial score (nSPS) is 19.3. The van der Waals surface area contributed by atoms with Crippen molar-refractivity contribution in [2.24, 2.45) is 0 Å². The van der Waals surface area contributed by atoms with E-state index < -0.39 is 5.97 Å². The molecule has 0 bridgehead atoms. The minimum Gasteiger partial charge on any atom is -0.465 e. The minimum atomic E-state index is -0.481. The lowest BCUT2D eigenvalue weighted by Crippen LogP contribution is -2.24. The molecule has 2 heterocycles. The highest BCUT2D eigenvalue weighted by atomic mass is 32.2. The Morgan fingerprint density at radius 2 is 2.12 bits per heavy atom. The lowest BCUT2D eigenvalue weighted by atomic mass is 10.1. The van der Waals surface area contributed by atoms with Crippen LogP contribution in [0.4, 0.5) is 5.69 Å². The number of rotatable bonds is 3. The summed E-state index contributed by atoms with van der Waals surface area (Å²) in [6.45, 7) is 3.75. The first-order valence-corrected chi connectivity index (χ1v) is 8.77. The third kappa shape index (κ3) is 2.91. The maximum Gasteiger partial charge on any atom is 0.340 e. The fourth-order valence-electron chi connectivity index (χ4n) is 2.94. The number of methoxy groups -OCH3 is 1. The Hall–Kier alpha value is -2.27. The summed E-state index contributed by atoms with van der Waals surface area (Å²) >= 11 is 1.69. The van der Waals surface area contributed by atoms with Crippen molar-refractivity contribution in [2.45, 2.75) is 20.3 Å². The van der Waals surface area contributed by atoms with Crippen LogP contribution in [0.2, 0.25) is 0 Å². The Morgan fingerprint density at radius 1 is 1.33 bits per heavy atom. The zero-order chi connectivity index (χ0) is 17.3. The first kappa shape index (κ1) is 16.6. The number of aryl methyl sites for hydroxylation is 1. The van der Waals surface area contributed by atoms with Crippen LogP contribution >= 0.6 is 11.8 Å². The van der Waals surface area contributed by atoms with Crippen molar-refractivity contribution in [3.63, 3.8) is 0 Å². The molecule has 1 aromatic rings. The Bertz CT molecular complexity index is 805. The third-order valence-electron chi connectivity index (χ3n) is 4.07. The highest BCUT2D eigenvalue weighted by Gasteiger charge is 2.38. The molecule has 0 fully saturated rings. The smallest absolute Gasteiger partial charge is 0.340 e. The van der Waals surface area contributed by atoms with Gasteiger partial charge in [-0.2, -0.15) is 0 Å². The number of benzene rings is 1. The van der Waals surface area contributed by atoms with Crippen LogP contribution in [0.5, 0.6) is 0 Å². The summed E-state index contributed by atoms with van der Waals surface area (Å²) in [5, 5.41) is 0. The molecule has 0 aliphatic carbocycles. The largest absolute Gasteiger partial charge is 0.465 e. The topological polar surface area (TPSA) is 46.6 Å². The quantitative estimate of drug-likeness (QED) is 0.621. The summed E-state index contributed by atoms with van der Waals surface area (Å²) in [4.78, 5) is 27.9. The molecule has 0 N–H and O–H groups in total. The Labute approximate surface area is 145 Å². The van der Waals surface area contributed by atoms with Crippen LogP contribution in [0, 0.1) is 6.92 Å². The molecule has 1 aromatic carbocycles. The van der Waals surface area contributed by atoms with E-state index in [0.717, 1.165) is 28.3 Å². The van der Waals surface area contributed by atoms with Crippen molar-refractivity contribution >= 4 is 29.3 Å². The van der Waals surface area contributed by atoms with E-state index in [0.29, 0.717) is 16.8 Å². The van der Waals surface area contributed by atoms with Crippen LogP contribution < -0.4 is 4.90 Å². The van der Waals surface area contributed by atoms with Gasteiger partial charge in [0.15, 0.2) is 0 Å². The molecule has 4 nitrogen and oxygen atoms in total. The molecule has 5 heteroatoms. The van der Waals surface area contributed by atoms with Gasteiger partial charge < -0.3 is 4.74 Å². The molecule has 0 atom stereocenters. The molecule has 2 aliphatic heterocycles. The van der Waals surface area contributed by atoms with E-state index in [4.69, 9.17) is 4.74 Å².